The van der Waals surface area contributed by atoms with E-state index in [1.54, 1.807) is 4.90 Å². The molecule has 1 aromatic carbocycles. The highest BCUT2D eigenvalue weighted by atomic mass is 16.6. The Labute approximate surface area is 134 Å². The highest BCUT2D eigenvalue weighted by Crippen LogP contribution is 2.42. The molecule has 0 bridgehead atoms. The average molecular weight is 319 g/mol. The highest BCUT2D eigenvalue weighted by molar-refractivity contribution is 5.86. The topological polar surface area (TPSA) is 93.9 Å². The Morgan fingerprint density at radius 3 is 2.96 bits per heavy atom. The number of nitrogens with one attached hydrogen (secondary N) is 1. The van der Waals surface area contributed by atoms with E-state index in [9.17, 15) is 9.59 Å². The molecule has 1 atom stereocenters. The maximum Gasteiger partial charge on any atom is 0.242 e. The molecule has 3 rings (SSSR count). The summed E-state index contributed by atoms with van der Waals surface area (Å²) in [5, 5.41) is 2.53. The van der Waals surface area contributed by atoms with Crippen molar-refractivity contribution >= 4 is 11.8 Å². The predicted octanol–water partition coefficient (Wildman–Crippen LogP) is 0.196. The fraction of sp³-hybridized carbons (Fsp3) is 0.500. The van der Waals surface area contributed by atoms with Gasteiger partial charge in [-0.3, -0.25) is 9.59 Å². The van der Waals surface area contributed by atoms with Gasteiger partial charge in [0.05, 0.1) is 19.1 Å². The largest absolute Gasteiger partial charge is 0.486 e. The van der Waals surface area contributed by atoms with Crippen LogP contribution in [0.5, 0.6) is 11.5 Å². The number of likely N-dealkylation sites (tertiary alicyclic amines) is 1. The van der Waals surface area contributed by atoms with Gasteiger partial charge in [0.25, 0.3) is 0 Å². The number of amides is 2. The SMILES string of the molecule is NCC(=O)NCC(=O)N1CCCC1c1cccc2c1OCCO2. The van der Waals surface area contributed by atoms with Crippen molar-refractivity contribution < 1.29 is 19.1 Å². The Bertz CT molecular complexity index is 605. The van der Waals surface area contributed by atoms with Gasteiger partial charge in [0, 0.05) is 12.1 Å². The molecule has 2 aliphatic heterocycles. The standard InChI is InChI=1S/C16H21N3O4/c17-9-14(20)18-10-15(21)19-6-2-4-12(19)11-3-1-5-13-16(11)23-8-7-22-13/h1,3,5,12H,2,4,6-10,17H2,(H,18,20). The molecule has 0 saturated carbocycles. The van der Waals surface area contributed by atoms with Crippen molar-refractivity contribution in [3.63, 3.8) is 0 Å². The van der Waals surface area contributed by atoms with Crippen LogP contribution >= 0.6 is 0 Å². The van der Waals surface area contributed by atoms with Gasteiger partial charge < -0.3 is 25.4 Å². The summed E-state index contributed by atoms with van der Waals surface area (Å²) in [6, 6.07) is 5.72. The molecule has 1 fully saturated rings. The van der Waals surface area contributed by atoms with Crippen LogP contribution in [-0.2, 0) is 9.59 Å². The Hall–Kier alpha value is -2.28. The van der Waals surface area contributed by atoms with Gasteiger partial charge in [-0.15, -0.1) is 0 Å². The smallest absolute Gasteiger partial charge is 0.242 e. The van der Waals surface area contributed by atoms with E-state index in [1.165, 1.54) is 0 Å². The van der Waals surface area contributed by atoms with Gasteiger partial charge in [0.1, 0.15) is 13.2 Å². The minimum absolute atomic E-state index is 0.0289. The maximum absolute atomic E-state index is 12.4. The molecule has 1 unspecified atom stereocenters. The molecule has 1 aromatic rings. The molecule has 0 aromatic heterocycles. The maximum atomic E-state index is 12.4. The zero-order chi connectivity index (χ0) is 16.2. The van der Waals surface area contributed by atoms with E-state index in [2.05, 4.69) is 5.32 Å². The molecule has 3 N–H and O–H groups in total. The van der Waals surface area contributed by atoms with Crippen molar-refractivity contribution in [2.45, 2.75) is 18.9 Å². The van der Waals surface area contributed by atoms with E-state index in [-0.39, 0.29) is 30.9 Å². The monoisotopic (exact) mass is 319 g/mol. The third kappa shape index (κ3) is 3.24. The van der Waals surface area contributed by atoms with Crippen molar-refractivity contribution in [3.05, 3.63) is 23.8 Å². The lowest BCUT2D eigenvalue weighted by molar-refractivity contribution is -0.133. The average Bonchev–Trinajstić information content (AvgIpc) is 3.08. The molecule has 23 heavy (non-hydrogen) atoms. The van der Waals surface area contributed by atoms with Gasteiger partial charge in [-0.05, 0) is 18.9 Å². The summed E-state index contributed by atoms with van der Waals surface area (Å²) >= 11 is 0. The van der Waals surface area contributed by atoms with E-state index in [1.807, 2.05) is 18.2 Å². The molecule has 1 saturated heterocycles. The van der Waals surface area contributed by atoms with Crippen molar-refractivity contribution in [1.82, 2.24) is 10.2 Å². The zero-order valence-electron chi connectivity index (χ0n) is 12.9. The number of ether oxygens (including phenoxy) is 2. The number of nitrogens with two attached hydrogens (primary N) is 1. The summed E-state index contributed by atoms with van der Waals surface area (Å²) in [6.45, 7) is 1.58. The number of carbonyl (C=O) groups excluding carboxylic acids is 2. The van der Waals surface area contributed by atoms with E-state index >= 15 is 0 Å². The molecule has 0 aliphatic carbocycles. The van der Waals surface area contributed by atoms with Crippen LogP contribution < -0.4 is 20.5 Å². The number of hydrogen-bond acceptors (Lipinski definition) is 5. The molecule has 2 heterocycles. The number of rotatable bonds is 4. The lowest BCUT2D eigenvalue weighted by Crippen LogP contribution is -2.41. The van der Waals surface area contributed by atoms with Gasteiger partial charge in [-0.2, -0.15) is 0 Å². The molecule has 0 spiro atoms. The van der Waals surface area contributed by atoms with E-state index in [0.717, 1.165) is 29.9 Å². The summed E-state index contributed by atoms with van der Waals surface area (Å²) in [4.78, 5) is 25.4. The van der Waals surface area contributed by atoms with Crippen LogP contribution in [0.15, 0.2) is 18.2 Å². The third-order valence-electron chi connectivity index (χ3n) is 4.15. The highest BCUT2D eigenvalue weighted by Gasteiger charge is 2.33. The van der Waals surface area contributed by atoms with E-state index in [4.69, 9.17) is 15.2 Å². The lowest BCUT2D eigenvalue weighted by Gasteiger charge is -2.29. The Balaban J connectivity index is 1.77. The van der Waals surface area contributed by atoms with Crippen LogP contribution in [0.2, 0.25) is 0 Å². The van der Waals surface area contributed by atoms with Crippen LogP contribution in [-0.4, -0.2) is 49.6 Å². The van der Waals surface area contributed by atoms with E-state index < -0.39 is 0 Å². The minimum atomic E-state index is -0.331. The van der Waals surface area contributed by atoms with Crippen LogP contribution in [0.3, 0.4) is 0 Å². The second kappa shape index (κ2) is 6.87. The number of hydrogen-bond donors (Lipinski definition) is 2. The van der Waals surface area contributed by atoms with Gasteiger partial charge in [0.2, 0.25) is 11.8 Å². The van der Waals surface area contributed by atoms with Crippen molar-refractivity contribution in [2.24, 2.45) is 5.73 Å². The molecule has 124 valence electrons. The number of benzene rings is 1. The van der Waals surface area contributed by atoms with Gasteiger partial charge in [-0.1, -0.05) is 12.1 Å². The van der Waals surface area contributed by atoms with Crippen LogP contribution in [0, 0.1) is 0 Å². The van der Waals surface area contributed by atoms with Crippen LogP contribution in [0.1, 0.15) is 24.4 Å². The number of fused-ring (bicyclic) bond motifs is 1. The fourth-order valence-corrected chi connectivity index (χ4v) is 3.10. The van der Waals surface area contributed by atoms with E-state index in [0.29, 0.717) is 19.8 Å². The van der Waals surface area contributed by atoms with Crippen molar-refractivity contribution in [2.75, 3.05) is 32.8 Å². The Kier molecular flexibility index (Phi) is 4.66. The Morgan fingerprint density at radius 2 is 2.13 bits per heavy atom. The predicted molar refractivity (Wildman–Crippen MR) is 83.2 cm³/mol. The molecular weight excluding hydrogens is 298 g/mol. The van der Waals surface area contributed by atoms with Gasteiger partial charge in [0.15, 0.2) is 11.5 Å². The molecular formula is C16H21N3O4. The van der Waals surface area contributed by atoms with Crippen LogP contribution in [0.25, 0.3) is 0 Å². The minimum Gasteiger partial charge on any atom is -0.486 e. The van der Waals surface area contributed by atoms with Crippen LogP contribution in [0.4, 0.5) is 0 Å². The van der Waals surface area contributed by atoms with Gasteiger partial charge >= 0.3 is 0 Å². The number of para-hydroxylation sites is 1. The summed E-state index contributed by atoms with van der Waals surface area (Å²) in [6.07, 6.45) is 1.79. The normalized spacial score (nSPS) is 19.5. The first kappa shape index (κ1) is 15.6. The quantitative estimate of drug-likeness (QED) is 0.826. The lowest BCUT2D eigenvalue weighted by atomic mass is 10.0. The molecule has 7 heteroatoms. The van der Waals surface area contributed by atoms with Crippen molar-refractivity contribution in [1.29, 1.82) is 0 Å². The molecule has 2 amide bonds. The van der Waals surface area contributed by atoms with Crippen molar-refractivity contribution in [3.8, 4) is 11.5 Å². The number of carbonyl (C=O) groups is 2. The summed E-state index contributed by atoms with van der Waals surface area (Å²) in [5.41, 5.74) is 6.21. The molecule has 7 nitrogen and oxygen atoms in total. The second-order valence-corrected chi connectivity index (χ2v) is 5.60. The summed E-state index contributed by atoms with van der Waals surface area (Å²) in [5.74, 6) is 1.02. The molecule has 2 aliphatic rings. The zero-order valence-corrected chi connectivity index (χ0v) is 12.9. The Morgan fingerprint density at radius 1 is 1.30 bits per heavy atom. The van der Waals surface area contributed by atoms with Gasteiger partial charge in [-0.25, -0.2) is 0 Å². The first-order valence-electron chi connectivity index (χ1n) is 7.85. The summed E-state index contributed by atoms with van der Waals surface area (Å²) in [7, 11) is 0. The third-order valence-corrected chi connectivity index (χ3v) is 4.15. The first-order chi connectivity index (χ1) is 11.2. The number of nitrogens with zero attached hydrogens (tertiary/aromatic N) is 1. The first-order valence-corrected chi connectivity index (χ1v) is 7.85. The summed E-state index contributed by atoms with van der Waals surface area (Å²) < 4.78 is 11.4. The molecule has 0 radical (unpaired) electrons. The fourth-order valence-electron chi connectivity index (χ4n) is 3.10. The second-order valence-electron chi connectivity index (χ2n) is 5.60.